The molecule has 0 bridgehead atoms. The van der Waals surface area contributed by atoms with Crippen LogP contribution in [0.1, 0.15) is 32.2 Å². The van der Waals surface area contributed by atoms with E-state index in [1.165, 1.54) is 35.3 Å². The molecule has 1 aromatic carbocycles. The number of aryl methyl sites for hydroxylation is 2. The molecule has 10 nitrogen and oxygen atoms in total. The van der Waals surface area contributed by atoms with Crippen molar-refractivity contribution in [1.29, 1.82) is 0 Å². The summed E-state index contributed by atoms with van der Waals surface area (Å²) in [6.45, 7) is 1.73. The molecule has 0 aliphatic carbocycles. The Morgan fingerprint density at radius 3 is 2.71 bits per heavy atom. The van der Waals surface area contributed by atoms with Gasteiger partial charge in [0.15, 0.2) is 5.69 Å². The number of nitrogens with zero attached hydrogens (tertiary/aromatic N) is 3. The number of furan rings is 1. The minimum atomic E-state index is -0.514. The SMILES string of the molecule is Cc1cc(C(=O)Nc2cn(C)nc2C(=O)NCc2ccco2)ccc1[N+](=O)[O-]. The first-order chi connectivity index (χ1) is 13.3. The molecule has 0 saturated heterocycles. The van der Waals surface area contributed by atoms with Gasteiger partial charge in [-0.3, -0.25) is 24.4 Å². The van der Waals surface area contributed by atoms with Gasteiger partial charge in [0.25, 0.3) is 17.5 Å². The lowest BCUT2D eigenvalue weighted by Crippen LogP contribution is -2.25. The number of aromatic nitrogens is 2. The lowest BCUT2D eigenvalue weighted by atomic mass is 10.1. The van der Waals surface area contributed by atoms with E-state index in [1.807, 2.05) is 0 Å². The van der Waals surface area contributed by atoms with Crippen LogP contribution in [0.5, 0.6) is 0 Å². The quantitative estimate of drug-likeness (QED) is 0.496. The fourth-order valence-electron chi connectivity index (χ4n) is 2.61. The minimum absolute atomic E-state index is 0.0426. The van der Waals surface area contributed by atoms with Gasteiger partial charge in [-0.25, -0.2) is 0 Å². The molecule has 0 aliphatic heterocycles. The molecule has 10 heteroatoms. The second-order valence-electron chi connectivity index (χ2n) is 6.04. The Labute approximate surface area is 159 Å². The zero-order valence-corrected chi connectivity index (χ0v) is 15.1. The standard InChI is InChI=1S/C18H17N5O5/c1-11-8-12(5-6-15(11)23(26)27)17(24)20-14-10-22(2)21-16(14)18(25)19-9-13-4-3-7-28-13/h3-8,10H,9H2,1-2H3,(H,19,25)(H,20,24). The number of hydrogen-bond acceptors (Lipinski definition) is 6. The zero-order chi connectivity index (χ0) is 20.3. The second kappa shape index (κ2) is 7.74. The number of nitro benzene ring substituents is 1. The molecule has 2 heterocycles. The van der Waals surface area contributed by atoms with Gasteiger partial charge in [-0.1, -0.05) is 0 Å². The van der Waals surface area contributed by atoms with E-state index in [2.05, 4.69) is 15.7 Å². The average molecular weight is 383 g/mol. The number of benzene rings is 1. The monoisotopic (exact) mass is 383 g/mol. The fraction of sp³-hybridized carbons (Fsp3) is 0.167. The van der Waals surface area contributed by atoms with Crippen LogP contribution in [0.2, 0.25) is 0 Å². The minimum Gasteiger partial charge on any atom is -0.467 e. The molecule has 0 saturated carbocycles. The van der Waals surface area contributed by atoms with Gasteiger partial charge >= 0.3 is 0 Å². The Hall–Kier alpha value is -3.95. The summed E-state index contributed by atoms with van der Waals surface area (Å²) < 4.78 is 6.56. The van der Waals surface area contributed by atoms with E-state index in [0.29, 0.717) is 11.3 Å². The number of anilines is 1. The number of nitro groups is 1. The van der Waals surface area contributed by atoms with Crippen LogP contribution in [0.25, 0.3) is 0 Å². The highest BCUT2D eigenvalue weighted by molar-refractivity contribution is 6.08. The third-order valence-corrected chi connectivity index (χ3v) is 3.95. The van der Waals surface area contributed by atoms with Crippen molar-refractivity contribution >= 4 is 23.2 Å². The molecule has 0 radical (unpaired) electrons. The van der Waals surface area contributed by atoms with Crippen molar-refractivity contribution in [2.24, 2.45) is 7.05 Å². The molecular formula is C18H17N5O5. The van der Waals surface area contributed by atoms with Crippen molar-refractivity contribution < 1.29 is 18.9 Å². The van der Waals surface area contributed by atoms with Crippen LogP contribution >= 0.6 is 0 Å². The van der Waals surface area contributed by atoms with E-state index in [4.69, 9.17) is 4.42 Å². The van der Waals surface area contributed by atoms with E-state index in [9.17, 15) is 19.7 Å². The molecule has 28 heavy (non-hydrogen) atoms. The molecule has 0 aliphatic rings. The number of amides is 2. The van der Waals surface area contributed by atoms with Crippen molar-refractivity contribution in [2.75, 3.05) is 5.32 Å². The summed E-state index contributed by atoms with van der Waals surface area (Å²) in [5.74, 6) is -0.408. The first-order valence-corrected chi connectivity index (χ1v) is 8.26. The summed E-state index contributed by atoms with van der Waals surface area (Å²) in [4.78, 5) is 35.3. The zero-order valence-electron chi connectivity index (χ0n) is 15.1. The Balaban J connectivity index is 1.75. The number of rotatable bonds is 6. The van der Waals surface area contributed by atoms with Crippen LogP contribution in [-0.4, -0.2) is 26.5 Å². The molecule has 144 valence electrons. The van der Waals surface area contributed by atoms with E-state index >= 15 is 0 Å². The van der Waals surface area contributed by atoms with Crippen molar-refractivity contribution in [1.82, 2.24) is 15.1 Å². The van der Waals surface area contributed by atoms with Gasteiger partial charge in [0.2, 0.25) is 0 Å². The van der Waals surface area contributed by atoms with Crippen molar-refractivity contribution in [3.63, 3.8) is 0 Å². The maximum Gasteiger partial charge on any atom is 0.274 e. The van der Waals surface area contributed by atoms with E-state index in [0.717, 1.165) is 0 Å². The molecular weight excluding hydrogens is 366 g/mol. The summed E-state index contributed by atoms with van der Waals surface area (Å²) in [5, 5.41) is 20.3. The fourth-order valence-corrected chi connectivity index (χ4v) is 2.61. The Morgan fingerprint density at radius 2 is 2.07 bits per heavy atom. The van der Waals surface area contributed by atoms with Gasteiger partial charge in [0.05, 0.1) is 23.4 Å². The highest BCUT2D eigenvalue weighted by Crippen LogP contribution is 2.20. The van der Waals surface area contributed by atoms with E-state index in [-0.39, 0.29) is 29.2 Å². The first kappa shape index (κ1) is 18.8. The lowest BCUT2D eigenvalue weighted by molar-refractivity contribution is -0.385. The second-order valence-corrected chi connectivity index (χ2v) is 6.04. The topological polar surface area (TPSA) is 132 Å². The van der Waals surface area contributed by atoms with Crippen LogP contribution < -0.4 is 10.6 Å². The molecule has 0 spiro atoms. The third-order valence-electron chi connectivity index (χ3n) is 3.95. The lowest BCUT2D eigenvalue weighted by Gasteiger charge is -2.07. The predicted octanol–water partition coefficient (Wildman–Crippen LogP) is 2.41. The van der Waals surface area contributed by atoms with Crippen molar-refractivity contribution in [2.45, 2.75) is 13.5 Å². The maximum absolute atomic E-state index is 12.5. The number of nitrogens with one attached hydrogen (secondary N) is 2. The largest absolute Gasteiger partial charge is 0.467 e. The van der Waals surface area contributed by atoms with Crippen molar-refractivity contribution in [3.8, 4) is 0 Å². The highest BCUT2D eigenvalue weighted by Gasteiger charge is 2.20. The first-order valence-electron chi connectivity index (χ1n) is 8.26. The molecule has 3 rings (SSSR count). The van der Waals surface area contributed by atoms with Gasteiger partial charge in [-0.15, -0.1) is 0 Å². The predicted molar refractivity (Wildman–Crippen MR) is 98.9 cm³/mol. The van der Waals surface area contributed by atoms with Crippen LogP contribution in [-0.2, 0) is 13.6 Å². The van der Waals surface area contributed by atoms with Gasteiger partial charge in [0, 0.05) is 30.4 Å². The normalized spacial score (nSPS) is 10.5. The van der Waals surface area contributed by atoms with E-state index < -0.39 is 16.7 Å². The summed E-state index contributed by atoms with van der Waals surface area (Å²) in [6.07, 6.45) is 3.00. The summed E-state index contributed by atoms with van der Waals surface area (Å²) in [7, 11) is 1.62. The van der Waals surface area contributed by atoms with Crippen molar-refractivity contribution in [3.05, 3.63) is 75.5 Å². The smallest absolute Gasteiger partial charge is 0.274 e. The molecule has 2 N–H and O–H groups in total. The van der Waals surface area contributed by atoms with Gasteiger partial charge in [0.1, 0.15) is 5.76 Å². The van der Waals surface area contributed by atoms with Gasteiger partial charge in [-0.2, -0.15) is 5.10 Å². The van der Waals surface area contributed by atoms with E-state index in [1.54, 1.807) is 26.1 Å². The summed E-state index contributed by atoms with van der Waals surface area (Å²) >= 11 is 0. The summed E-state index contributed by atoms with van der Waals surface area (Å²) in [6, 6.07) is 7.47. The molecule has 2 amide bonds. The molecule has 2 aromatic heterocycles. The summed E-state index contributed by atoms with van der Waals surface area (Å²) in [5.41, 5.74) is 0.784. The Kier molecular flexibility index (Phi) is 5.21. The van der Waals surface area contributed by atoms with Crippen LogP contribution in [0.3, 0.4) is 0 Å². The maximum atomic E-state index is 12.5. The molecule has 0 atom stereocenters. The third kappa shape index (κ3) is 4.06. The van der Waals surface area contributed by atoms with Crippen LogP contribution in [0.15, 0.2) is 47.2 Å². The molecule has 0 unspecified atom stereocenters. The highest BCUT2D eigenvalue weighted by atomic mass is 16.6. The average Bonchev–Trinajstić information content (AvgIpc) is 3.28. The van der Waals surface area contributed by atoms with Gasteiger partial charge in [-0.05, 0) is 31.2 Å². The number of hydrogen-bond donors (Lipinski definition) is 2. The van der Waals surface area contributed by atoms with Crippen LogP contribution in [0, 0.1) is 17.0 Å². The van der Waals surface area contributed by atoms with Gasteiger partial charge < -0.3 is 15.1 Å². The van der Waals surface area contributed by atoms with Crippen LogP contribution in [0.4, 0.5) is 11.4 Å². The Bertz CT molecular complexity index is 1040. The molecule has 3 aromatic rings. The molecule has 0 fully saturated rings. The number of carbonyl (C=O) groups is 2. The number of carbonyl (C=O) groups excluding carboxylic acids is 2. The Morgan fingerprint density at radius 1 is 1.29 bits per heavy atom.